The lowest BCUT2D eigenvalue weighted by Gasteiger charge is -2.21. The van der Waals surface area contributed by atoms with Gasteiger partial charge in [0.25, 0.3) is 0 Å². The highest BCUT2D eigenvalue weighted by molar-refractivity contribution is 7.19. The number of hydrogen-bond acceptors (Lipinski definition) is 6. The van der Waals surface area contributed by atoms with Crippen LogP contribution < -0.4 is 16.4 Å². The van der Waals surface area contributed by atoms with Gasteiger partial charge in [-0.3, -0.25) is 9.59 Å². The normalized spacial score (nSPS) is 16.5. The Kier molecular flexibility index (Phi) is 6.46. The van der Waals surface area contributed by atoms with Crippen molar-refractivity contribution in [2.75, 3.05) is 11.9 Å². The number of rotatable bonds is 8. The van der Waals surface area contributed by atoms with Crippen molar-refractivity contribution in [2.24, 2.45) is 11.7 Å². The Morgan fingerprint density at radius 3 is 2.84 bits per heavy atom. The summed E-state index contributed by atoms with van der Waals surface area (Å²) in [4.78, 5) is 35.4. The summed E-state index contributed by atoms with van der Waals surface area (Å²) in [5.41, 5.74) is 7.56. The second-order valence-electron chi connectivity index (χ2n) is 8.15. The lowest BCUT2D eigenvalue weighted by molar-refractivity contribution is -0.122. The van der Waals surface area contributed by atoms with E-state index in [4.69, 9.17) is 5.73 Å². The number of nitrogens with zero attached hydrogens (tertiary/aromatic N) is 2. The summed E-state index contributed by atoms with van der Waals surface area (Å²) in [6, 6.07) is 9.31. The van der Waals surface area contributed by atoms with E-state index in [9.17, 15) is 9.59 Å². The summed E-state index contributed by atoms with van der Waals surface area (Å²) in [5, 5.41) is 7.24. The third-order valence-electron chi connectivity index (χ3n) is 5.67. The molecule has 0 bridgehead atoms. The van der Waals surface area contributed by atoms with Crippen LogP contribution in [0.1, 0.15) is 35.8 Å². The quantitative estimate of drug-likeness (QED) is 0.502. The average Bonchev–Trinajstić information content (AvgIpc) is 3.12. The van der Waals surface area contributed by atoms with E-state index in [-0.39, 0.29) is 18.9 Å². The fourth-order valence-corrected chi connectivity index (χ4v) is 5.39. The van der Waals surface area contributed by atoms with Crippen LogP contribution in [0.2, 0.25) is 0 Å². The molecular formula is C23H27N5O2S. The molecule has 0 aliphatic heterocycles. The van der Waals surface area contributed by atoms with Gasteiger partial charge in [0, 0.05) is 24.3 Å². The second kappa shape index (κ2) is 9.43. The van der Waals surface area contributed by atoms with Gasteiger partial charge in [-0.15, -0.1) is 11.3 Å². The molecule has 7 nitrogen and oxygen atoms in total. The monoisotopic (exact) mass is 437 g/mol. The van der Waals surface area contributed by atoms with Crippen molar-refractivity contribution in [3.8, 4) is 0 Å². The molecule has 0 spiro atoms. The van der Waals surface area contributed by atoms with Crippen LogP contribution in [0.4, 0.5) is 5.82 Å². The zero-order valence-corrected chi connectivity index (χ0v) is 18.4. The molecule has 0 fully saturated rings. The van der Waals surface area contributed by atoms with E-state index in [1.165, 1.54) is 10.4 Å². The Morgan fingerprint density at radius 2 is 2.06 bits per heavy atom. The number of carbonyl (C=O) groups excluding carboxylic acids is 2. The highest BCUT2D eigenvalue weighted by Crippen LogP contribution is 2.39. The first-order valence-corrected chi connectivity index (χ1v) is 11.4. The predicted molar refractivity (Wildman–Crippen MR) is 123 cm³/mol. The molecule has 162 valence electrons. The van der Waals surface area contributed by atoms with Crippen LogP contribution in [-0.4, -0.2) is 34.4 Å². The SMILES string of the molecule is C[C@@H]1CCc2c(sc3ncnc(N[C@H](Cc4ccccc4)C(=O)NCCC(N)=O)c23)C1. The van der Waals surface area contributed by atoms with Crippen molar-refractivity contribution in [1.82, 2.24) is 15.3 Å². The van der Waals surface area contributed by atoms with Gasteiger partial charge in [0.05, 0.1) is 5.39 Å². The number of thiophene rings is 1. The molecule has 31 heavy (non-hydrogen) atoms. The molecule has 1 aliphatic rings. The van der Waals surface area contributed by atoms with E-state index < -0.39 is 11.9 Å². The van der Waals surface area contributed by atoms with Gasteiger partial charge < -0.3 is 16.4 Å². The van der Waals surface area contributed by atoms with Crippen LogP contribution in [-0.2, 0) is 28.9 Å². The third-order valence-corrected chi connectivity index (χ3v) is 6.83. The standard InChI is InChI=1S/C23H27N5O2S/c1-14-7-8-16-18(11-14)31-23-20(16)21(26-13-27-23)28-17(12-15-5-3-2-4-6-15)22(30)25-10-9-19(24)29/h2-6,13-14,17H,7-12H2,1H3,(H2,24,29)(H,25,30)(H,26,27,28)/t14-,17-/m1/s1. The van der Waals surface area contributed by atoms with Crippen molar-refractivity contribution in [1.29, 1.82) is 0 Å². The van der Waals surface area contributed by atoms with Crippen molar-refractivity contribution >= 4 is 39.2 Å². The first kappa shape index (κ1) is 21.2. The minimum Gasteiger partial charge on any atom is -0.370 e. The van der Waals surface area contributed by atoms with Gasteiger partial charge in [0.2, 0.25) is 11.8 Å². The number of nitrogens with one attached hydrogen (secondary N) is 2. The van der Waals surface area contributed by atoms with Crippen LogP contribution in [0.3, 0.4) is 0 Å². The molecule has 3 aromatic rings. The molecule has 2 atom stereocenters. The highest BCUT2D eigenvalue weighted by atomic mass is 32.1. The first-order valence-electron chi connectivity index (χ1n) is 10.6. The summed E-state index contributed by atoms with van der Waals surface area (Å²) in [5.74, 6) is 0.744. The molecule has 2 heterocycles. The lowest BCUT2D eigenvalue weighted by atomic mass is 9.89. The fraction of sp³-hybridized carbons (Fsp3) is 0.391. The van der Waals surface area contributed by atoms with E-state index in [1.54, 1.807) is 17.7 Å². The van der Waals surface area contributed by atoms with E-state index in [0.717, 1.165) is 35.0 Å². The molecule has 0 saturated heterocycles. The molecule has 1 aromatic carbocycles. The molecule has 4 rings (SSSR count). The summed E-state index contributed by atoms with van der Waals surface area (Å²) >= 11 is 1.73. The number of anilines is 1. The number of carbonyl (C=O) groups is 2. The van der Waals surface area contributed by atoms with Crippen LogP contribution in [0.15, 0.2) is 36.7 Å². The highest BCUT2D eigenvalue weighted by Gasteiger charge is 2.26. The zero-order chi connectivity index (χ0) is 21.8. The van der Waals surface area contributed by atoms with E-state index in [1.807, 2.05) is 30.3 Å². The maximum atomic E-state index is 13.0. The Morgan fingerprint density at radius 1 is 1.26 bits per heavy atom. The molecule has 4 N–H and O–H groups in total. The van der Waals surface area contributed by atoms with Gasteiger partial charge in [0.1, 0.15) is 23.0 Å². The minimum absolute atomic E-state index is 0.109. The fourth-order valence-electron chi connectivity index (χ4n) is 4.04. The van der Waals surface area contributed by atoms with Gasteiger partial charge in [-0.25, -0.2) is 9.97 Å². The van der Waals surface area contributed by atoms with Gasteiger partial charge in [-0.05, 0) is 36.3 Å². The Balaban J connectivity index is 1.62. The molecule has 2 amide bonds. The minimum atomic E-state index is -0.536. The number of amides is 2. The maximum Gasteiger partial charge on any atom is 0.242 e. The summed E-state index contributed by atoms with van der Waals surface area (Å²) in [7, 11) is 0. The largest absolute Gasteiger partial charge is 0.370 e. The molecule has 1 aliphatic carbocycles. The molecule has 0 saturated carbocycles. The van der Waals surface area contributed by atoms with Crippen molar-refractivity contribution in [3.05, 3.63) is 52.7 Å². The predicted octanol–water partition coefficient (Wildman–Crippen LogP) is 2.83. The Hall–Kier alpha value is -3.00. The van der Waals surface area contributed by atoms with Crippen LogP contribution in [0.5, 0.6) is 0 Å². The molecule has 2 aromatic heterocycles. The number of primary amides is 1. The number of fused-ring (bicyclic) bond motifs is 3. The van der Waals surface area contributed by atoms with Crippen molar-refractivity contribution in [2.45, 2.75) is 45.1 Å². The van der Waals surface area contributed by atoms with Crippen LogP contribution in [0.25, 0.3) is 10.2 Å². The number of nitrogens with two attached hydrogens (primary N) is 1. The van der Waals surface area contributed by atoms with Gasteiger partial charge in [0.15, 0.2) is 0 Å². The zero-order valence-electron chi connectivity index (χ0n) is 17.6. The number of hydrogen-bond donors (Lipinski definition) is 3. The molecule has 0 unspecified atom stereocenters. The van der Waals surface area contributed by atoms with Gasteiger partial charge in [-0.1, -0.05) is 37.3 Å². The number of benzene rings is 1. The van der Waals surface area contributed by atoms with Crippen molar-refractivity contribution < 1.29 is 9.59 Å². The summed E-state index contributed by atoms with van der Waals surface area (Å²) in [6.45, 7) is 2.50. The Bertz CT molecular complexity index is 1080. The first-order chi connectivity index (χ1) is 15.0. The summed E-state index contributed by atoms with van der Waals surface area (Å²) < 4.78 is 0. The third kappa shape index (κ3) is 5.02. The molecule has 8 heteroatoms. The maximum absolute atomic E-state index is 13.0. The Labute approximate surface area is 185 Å². The van der Waals surface area contributed by atoms with Crippen molar-refractivity contribution in [3.63, 3.8) is 0 Å². The number of aryl methyl sites for hydroxylation is 1. The number of aromatic nitrogens is 2. The average molecular weight is 438 g/mol. The lowest BCUT2D eigenvalue weighted by Crippen LogP contribution is -2.42. The van der Waals surface area contributed by atoms with E-state index in [2.05, 4.69) is 27.5 Å². The second-order valence-corrected chi connectivity index (χ2v) is 9.23. The topological polar surface area (TPSA) is 110 Å². The van der Waals surface area contributed by atoms with Crippen LogP contribution in [0, 0.1) is 5.92 Å². The molecular weight excluding hydrogens is 410 g/mol. The van der Waals surface area contributed by atoms with E-state index >= 15 is 0 Å². The van der Waals surface area contributed by atoms with E-state index in [0.29, 0.717) is 18.2 Å². The van der Waals surface area contributed by atoms with Crippen LogP contribution >= 0.6 is 11.3 Å². The van der Waals surface area contributed by atoms with Gasteiger partial charge in [-0.2, -0.15) is 0 Å². The molecule has 0 radical (unpaired) electrons. The smallest absolute Gasteiger partial charge is 0.242 e. The summed E-state index contributed by atoms with van der Waals surface area (Å²) in [6.07, 6.45) is 5.38. The van der Waals surface area contributed by atoms with Gasteiger partial charge >= 0.3 is 0 Å².